The van der Waals surface area contributed by atoms with Gasteiger partial charge in [-0.1, -0.05) is 25.0 Å². The zero-order chi connectivity index (χ0) is 16.4. The Kier molecular flexibility index (Phi) is 4.59. The van der Waals surface area contributed by atoms with Crippen LogP contribution in [0.5, 0.6) is 0 Å². The molecule has 0 radical (unpaired) electrons. The predicted molar refractivity (Wildman–Crippen MR) is 94.3 cm³/mol. The summed E-state index contributed by atoms with van der Waals surface area (Å²) in [6, 6.07) is 8.31. The Labute approximate surface area is 144 Å². The summed E-state index contributed by atoms with van der Waals surface area (Å²) < 4.78 is 6.06. The highest BCUT2D eigenvalue weighted by atomic mass is 16.5. The van der Waals surface area contributed by atoms with Crippen LogP contribution in [0.1, 0.15) is 60.4 Å². The van der Waals surface area contributed by atoms with E-state index < -0.39 is 0 Å². The minimum Gasteiger partial charge on any atom is -0.371 e. The van der Waals surface area contributed by atoms with E-state index in [0.717, 1.165) is 44.6 Å². The summed E-state index contributed by atoms with van der Waals surface area (Å²) in [6.07, 6.45) is 7.09. The average Bonchev–Trinajstić information content (AvgIpc) is 3.09. The molecule has 1 unspecified atom stereocenters. The van der Waals surface area contributed by atoms with Crippen LogP contribution < -0.4 is 5.32 Å². The van der Waals surface area contributed by atoms with Gasteiger partial charge in [0.15, 0.2) is 0 Å². The number of hydrogen-bond donors (Lipinski definition) is 1. The Hall–Kier alpha value is -1.39. The fourth-order valence-electron chi connectivity index (χ4n) is 4.58. The van der Waals surface area contributed by atoms with Crippen molar-refractivity contribution in [3.8, 4) is 0 Å². The SMILES string of the molecule is O=C(c1cccc(C2CCCNC2)c1)N1CCOC2(CCCC2)C1. The quantitative estimate of drug-likeness (QED) is 0.907. The second kappa shape index (κ2) is 6.85. The number of rotatable bonds is 2. The van der Waals surface area contributed by atoms with E-state index in [1.54, 1.807) is 0 Å². The molecule has 3 aliphatic rings. The third-order valence-electron chi connectivity index (χ3n) is 5.95. The van der Waals surface area contributed by atoms with E-state index in [1.165, 1.54) is 31.2 Å². The van der Waals surface area contributed by atoms with E-state index in [9.17, 15) is 4.79 Å². The van der Waals surface area contributed by atoms with Crippen LogP contribution in [0.4, 0.5) is 0 Å². The van der Waals surface area contributed by atoms with E-state index in [-0.39, 0.29) is 11.5 Å². The van der Waals surface area contributed by atoms with Crippen molar-refractivity contribution in [1.29, 1.82) is 0 Å². The molecule has 1 atom stereocenters. The molecule has 1 amide bonds. The zero-order valence-corrected chi connectivity index (χ0v) is 14.4. The van der Waals surface area contributed by atoms with Crippen LogP contribution in [0, 0.1) is 0 Å². The fraction of sp³-hybridized carbons (Fsp3) is 0.650. The maximum Gasteiger partial charge on any atom is 0.254 e. The van der Waals surface area contributed by atoms with Gasteiger partial charge in [0, 0.05) is 18.7 Å². The number of carbonyl (C=O) groups excluding carboxylic acids is 1. The summed E-state index contributed by atoms with van der Waals surface area (Å²) in [7, 11) is 0. The normalized spacial score (nSPS) is 26.7. The van der Waals surface area contributed by atoms with Crippen LogP contribution >= 0.6 is 0 Å². The first-order chi connectivity index (χ1) is 11.8. The molecule has 1 saturated carbocycles. The highest BCUT2D eigenvalue weighted by molar-refractivity contribution is 5.94. The number of piperidine rings is 1. The molecule has 1 aromatic rings. The molecule has 1 spiro atoms. The Bertz CT molecular complexity index is 589. The van der Waals surface area contributed by atoms with Gasteiger partial charge in [-0.3, -0.25) is 4.79 Å². The van der Waals surface area contributed by atoms with Crippen molar-refractivity contribution in [3.63, 3.8) is 0 Å². The second-order valence-corrected chi connectivity index (χ2v) is 7.63. The van der Waals surface area contributed by atoms with Gasteiger partial charge in [-0.2, -0.15) is 0 Å². The lowest BCUT2D eigenvalue weighted by molar-refractivity contribution is -0.0948. The molecule has 4 heteroatoms. The summed E-state index contributed by atoms with van der Waals surface area (Å²) in [5.74, 6) is 0.715. The minimum atomic E-state index is -0.0567. The monoisotopic (exact) mass is 328 g/mol. The molecule has 1 N–H and O–H groups in total. The molecule has 4 rings (SSSR count). The highest BCUT2D eigenvalue weighted by Crippen LogP contribution is 2.36. The lowest BCUT2D eigenvalue weighted by Gasteiger charge is -2.40. The lowest BCUT2D eigenvalue weighted by atomic mass is 9.90. The fourth-order valence-corrected chi connectivity index (χ4v) is 4.58. The Morgan fingerprint density at radius 1 is 1.25 bits per heavy atom. The number of hydrogen-bond acceptors (Lipinski definition) is 3. The molecule has 2 saturated heterocycles. The molecule has 0 aromatic heterocycles. The van der Waals surface area contributed by atoms with Gasteiger partial charge in [0.2, 0.25) is 0 Å². The highest BCUT2D eigenvalue weighted by Gasteiger charge is 2.40. The first kappa shape index (κ1) is 16.1. The van der Waals surface area contributed by atoms with Gasteiger partial charge in [-0.25, -0.2) is 0 Å². The summed E-state index contributed by atoms with van der Waals surface area (Å²) >= 11 is 0. The van der Waals surface area contributed by atoms with Crippen LogP contribution in [0.3, 0.4) is 0 Å². The largest absolute Gasteiger partial charge is 0.371 e. The summed E-state index contributed by atoms with van der Waals surface area (Å²) in [6.45, 7) is 4.30. The van der Waals surface area contributed by atoms with Crippen molar-refractivity contribution in [2.24, 2.45) is 0 Å². The minimum absolute atomic E-state index is 0.0567. The number of ether oxygens (including phenoxy) is 1. The number of nitrogens with zero attached hydrogens (tertiary/aromatic N) is 1. The first-order valence-electron chi connectivity index (χ1n) is 9.50. The molecule has 3 fully saturated rings. The van der Waals surface area contributed by atoms with E-state index in [2.05, 4.69) is 17.4 Å². The van der Waals surface area contributed by atoms with Crippen molar-refractivity contribution >= 4 is 5.91 Å². The standard InChI is InChI=1S/C20H28N2O2/c23-19(22-11-12-24-20(15-22)8-1-2-9-20)17-6-3-5-16(13-17)18-7-4-10-21-14-18/h3,5-6,13,18,21H,1-2,4,7-12,14-15H2. The number of carbonyl (C=O) groups is 1. The van der Waals surface area contributed by atoms with Gasteiger partial charge < -0.3 is 15.0 Å². The lowest BCUT2D eigenvalue weighted by Crippen LogP contribution is -2.52. The Morgan fingerprint density at radius 3 is 2.92 bits per heavy atom. The molecule has 2 aliphatic heterocycles. The molecule has 24 heavy (non-hydrogen) atoms. The van der Waals surface area contributed by atoms with Crippen molar-refractivity contribution in [1.82, 2.24) is 10.2 Å². The third-order valence-corrected chi connectivity index (χ3v) is 5.95. The molecule has 1 aromatic carbocycles. The Balaban J connectivity index is 1.49. The van der Waals surface area contributed by atoms with Gasteiger partial charge >= 0.3 is 0 Å². The van der Waals surface area contributed by atoms with Gasteiger partial charge in [0.05, 0.1) is 18.8 Å². The second-order valence-electron chi connectivity index (χ2n) is 7.63. The van der Waals surface area contributed by atoms with Crippen LogP contribution in [0.25, 0.3) is 0 Å². The van der Waals surface area contributed by atoms with E-state index in [1.807, 2.05) is 17.0 Å². The molecule has 130 valence electrons. The van der Waals surface area contributed by atoms with Crippen LogP contribution in [0.15, 0.2) is 24.3 Å². The topological polar surface area (TPSA) is 41.6 Å². The van der Waals surface area contributed by atoms with Gasteiger partial charge in [-0.15, -0.1) is 0 Å². The third kappa shape index (κ3) is 3.22. The Morgan fingerprint density at radius 2 is 2.12 bits per heavy atom. The van der Waals surface area contributed by atoms with E-state index in [4.69, 9.17) is 4.74 Å². The van der Waals surface area contributed by atoms with Crippen molar-refractivity contribution < 1.29 is 9.53 Å². The first-order valence-corrected chi connectivity index (χ1v) is 9.50. The summed E-state index contributed by atoms with van der Waals surface area (Å²) in [5, 5.41) is 3.47. The maximum absolute atomic E-state index is 13.0. The van der Waals surface area contributed by atoms with Crippen molar-refractivity contribution in [3.05, 3.63) is 35.4 Å². The molecular weight excluding hydrogens is 300 g/mol. The maximum atomic E-state index is 13.0. The van der Waals surface area contributed by atoms with E-state index >= 15 is 0 Å². The van der Waals surface area contributed by atoms with Crippen LogP contribution in [-0.2, 0) is 4.74 Å². The van der Waals surface area contributed by atoms with Gasteiger partial charge in [-0.05, 0) is 55.8 Å². The number of nitrogens with one attached hydrogen (secondary N) is 1. The smallest absolute Gasteiger partial charge is 0.254 e. The van der Waals surface area contributed by atoms with Crippen LogP contribution in [-0.4, -0.2) is 49.2 Å². The molecule has 1 aliphatic carbocycles. The van der Waals surface area contributed by atoms with Crippen molar-refractivity contribution in [2.75, 3.05) is 32.8 Å². The molecular formula is C20H28N2O2. The van der Waals surface area contributed by atoms with Gasteiger partial charge in [0.1, 0.15) is 0 Å². The molecule has 0 bridgehead atoms. The number of amides is 1. The van der Waals surface area contributed by atoms with Crippen molar-refractivity contribution in [2.45, 2.75) is 50.0 Å². The number of benzene rings is 1. The predicted octanol–water partition coefficient (Wildman–Crippen LogP) is 2.94. The summed E-state index contributed by atoms with van der Waals surface area (Å²) in [5.41, 5.74) is 2.09. The number of morpholine rings is 1. The van der Waals surface area contributed by atoms with Gasteiger partial charge in [0.25, 0.3) is 5.91 Å². The van der Waals surface area contributed by atoms with E-state index in [0.29, 0.717) is 12.5 Å². The van der Waals surface area contributed by atoms with Crippen LogP contribution in [0.2, 0.25) is 0 Å². The summed E-state index contributed by atoms with van der Waals surface area (Å²) in [4.78, 5) is 15.1. The molecule has 4 nitrogen and oxygen atoms in total. The molecule has 2 heterocycles. The average molecular weight is 328 g/mol. The zero-order valence-electron chi connectivity index (χ0n) is 14.4.